The molecule has 2 aromatic rings. The second kappa shape index (κ2) is 7.36. The minimum absolute atomic E-state index is 0.0225. The van der Waals surface area contributed by atoms with Crippen molar-refractivity contribution in [1.82, 2.24) is 0 Å². The van der Waals surface area contributed by atoms with E-state index in [2.05, 4.69) is 43.9 Å². The van der Waals surface area contributed by atoms with Gasteiger partial charge in [-0.05, 0) is 42.2 Å². The maximum Gasteiger partial charge on any atom is 0.262 e. The number of hydrogen-bond acceptors (Lipinski definition) is 3. The average molecular weight is 315 g/mol. The van der Waals surface area contributed by atoms with Crippen LogP contribution in [-0.2, 0) is 4.79 Å². The number of aryl methyl sites for hydroxylation is 1. The zero-order valence-electron chi connectivity index (χ0n) is 13.1. The van der Waals surface area contributed by atoms with Gasteiger partial charge in [-0.3, -0.25) is 4.79 Å². The van der Waals surface area contributed by atoms with Crippen LogP contribution in [0.4, 0.5) is 5.69 Å². The van der Waals surface area contributed by atoms with Gasteiger partial charge in [-0.1, -0.05) is 38.1 Å². The molecule has 3 nitrogen and oxygen atoms in total. The number of carbonyl (C=O) groups excluding carboxylic acids is 1. The number of ether oxygens (including phenoxy) is 1. The summed E-state index contributed by atoms with van der Waals surface area (Å²) in [4.78, 5) is 12.8. The zero-order valence-corrected chi connectivity index (χ0v) is 14.0. The van der Waals surface area contributed by atoms with Crippen LogP contribution in [0.1, 0.15) is 30.9 Å². The number of amides is 1. The molecule has 0 heterocycles. The lowest BCUT2D eigenvalue weighted by Gasteiger charge is -2.15. The second-order valence-electron chi connectivity index (χ2n) is 5.55. The first kappa shape index (κ1) is 16.4. The van der Waals surface area contributed by atoms with Crippen molar-refractivity contribution >= 4 is 24.2 Å². The summed E-state index contributed by atoms with van der Waals surface area (Å²) >= 11 is 4.31. The van der Waals surface area contributed by atoms with Gasteiger partial charge in [0.1, 0.15) is 5.75 Å². The maximum absolute atomic E-state index is 12.0. The van der Waals surface area contributed by atoms with Gasteiger partial charge < -0.3 is 10.1 Å². The Morgan fingerprint density at radius 1 is 1.23 bits per heavy atom. The van der Waals surface area contributed by atoms with E-state index in [0.717, 1.165) is 21.8 Å². The number of hydrogen-bond donors (Lipinski definition) is 2. The van der Waals surface area contributed by atoms with Gasteiger partial charge in [0.25, 0.3) is 5.91 Å². The fraction of sp³-hybridized carbons (Fsp3) is 0.278. The summed E-state index contributed by atoms with van der Waals surface area (Å²) in [6, 6.07) is 13.4. The third kappa shape index (κ3) is 4.28. The van der Waals surface area contributed by atoms with Gasteiger partial charge in [-0.25, -0.2) is 0 Å². The molecule has 0 aliphatic rings. The quantitative estimate of drug-likeness (QED) is 0.801. The van der Waals surface area contributed by atoms with Crippen molar-refractivity contribution < 1.29 is 9.53 Å². The minimum Gasteiger partial charge on any atom is -0.483 e. The van der Waals surface area contributed by atoms with Crippen LogP contribution in [-0.4, -0.2) is 12.5 Å². The highest BCUT2D eigenvalue weighted by Gasteiger charge is 2.11. The van der Waals surface area contributed by atoms with Gasteiger partial charge in [0, 0.05) is 4.90 Å². The highest BCUT2D eigenvalue weighted by atomic mass is 32.1. The molecule has 116 valence electrons. The lowest BCUT2D eigenvalue weighted by atomic mass is 10.0. The summed E-state index contributed by atoms with van der Waals surface area (Å²) in [5, 5.41) is 2.80. The molecule has 22 heavy (non-hydrogen) atoms. The molecule has 0 atom stereocenters. The largest absolute Gasteiger partial charge is 0.483 e. The van der Waals surface area contributed by atoms with E-state index in [4.69, 9.17) is 4.74 Å². The minimum atomic E-state index is -0.197. The molecular weight excluding hydrogens is 294 g/mol. The first-order valence-corrected chi connectivity index (χ1v) is 7.73. The average Bonchev–Trinajstić information content (AvgIpc) is 2.47. The molecule has 0 saturated carbocycles. The van der Waals surface area contributed by atoms with E-state index in [0.29, 0.717) is 11.6 Å². The second-order valence-corrected chi connectivity index (χ2v) is 6.03. The van der Waals surface area contributed by atoms with E-state index < -0.39 is 0 Å². The standard InChI is InChI=1S/C18H21NO2S/c1-12(2)14-9-8-13(3)10-16(14)21-11-18(20)19-15-6-4-5-7-17(15)22/h4-10,12,22H,11H2,1-3H3,(H,19,20). The Balaban J connectivity index is 2.02. The molecule has 1 N–H and O–H groups in total. The number of thiol groups is 1. The maximum atomic E-state index is 12.0. The van der Waals surface area contributed by atoms with Crippen LogP contribution in [0.3, 0.4) is 0 Å². The Morgan fingerprint density at radius 2 is 1.95 bits per heavy atom. The number of benzene rings is 2. The summed E-state index contributed by atoms with van der Waals surface area (Å²) in [7, 11) is 0. The number of para-hydroxylation sites is 1. The van der Waals surface area contributed by atoms with E-state index in [1.54, 1.807) is 0 Å². The van der Waals surface area contributed by atoms with E-state index in [1.807, 2.05) is 37.3 Å². The van der Waals surface area contributed by atoms with Gasteiger partial charge in [0.05, 0.1) is 5.69 Å². The van der Waals surface area contributed by atoms with Gasteiger partial charge in [-0.15, -0.1) is 12.6 Å². The fourth-order valence-electron chi connectivity index (χ4n) is 2.15. The highest BCUT2D eigenvalue weighted by molar-refractivity contribution is 7.80. The number of rotatable bonds is 5. The Hall–Kier alpha value is -1.94. The van der Waals surface area contributed by atoms with Crippen LogP contribution >= 0.6 is 12.6 Å². The van der Waals surface area contributed by atoms with Crippen molar-refractivity contribution in [2.75, 3.05) is 11.9 Å². The van der Waals surface area contributed by atoms with E-state index >= 15 is 0 Å². The summed E-state index contributed by atoms with van der Waals surface area (Å²) in [6.07, 6.45) is 0. The first-order chi connectivity index (χ1) is 10.5. The predicted octanol–water partition coefficient (Wildman–Crippen LogP) is 4.42. The molecule has 0 spiro atoms. The van der Waals surface area contributed by atoms with Crippen LogP contribution < -0.4 is 10.1 Å². The van der Waals surface area contributed by atoms with Crippen molar-refractivity contribution in [2.45, 2.75) is 31.6 Å². The molecule has 1 amide bonds. The van der Waals surface area contributed by atoms with Gasteiger partial charge in [0.2, 0.25) is 0 Å². The number of carbonyl (C=O) groups is 1. The molecule has 0 radical (unpaired) electrons. The molecule has 0 aliphatic carbocycles. The van der Waals surface area contributed by atoms with Gasteiger partial charge in [0.15, 0.2) is 6.61 Å². The monoisotopic (exact) mass is 315 g/mol. The van der Waals surface area contributed by atoms with Crippen LogP contribution in [0.15, 0.2) is 47.4 Å². The molecule has 0 aliphatic heterocycles. The van der Waals surface area contributed by atoms with Crippen molar-refractivity contribution in [2.24, 2.45) is 0 Å². The topological polar surface area (TPSA) is 38.3 Å². The fourth-order valence-corrected chi connectivity index (χ4v) is 2.37. The summed E-state index contributed by atoms with van der Waals surface area (Å²) < 4.78 is 5.72. The summed E-state index contributed by atoms with van der Waals surface area (Å²) in [6.45, 7) is 6.20. The SMILES string of the molecule is Cc1ccc(C(C)C)c(OCC(=O)Nc2ccccc2S)c1. The normalized spacial score (nSPS) is 10.6. The molecule has 2 aromatic carbocycles. The third-order valence-electron chi connectivity index (χ3n) is 3.33. The van der Waals surface area contributed by atoms with Crippen LogP contribution in [0, 0.1) is 6.92 Å². The molecule has 4 heteroatoms. The van der Waals surface area contributed by atoms with Crippen LogP contribution in [0.5, 0.6) is 5.75 Å². The Morgan fingerprint density at radius 3 is 2.64 bits per heavy atom. The zero-order chi connectivity index (χ0) is 16.1. The molecule has 0 unspecified atom stereocenters. The third-order valence-corrected chi connectivity index (χ3v) is 3.72. The lowest BCUT2D eigenvalue weighted by Crippen LogP contribution is -2.20. The van der Waals surface area contributed by atoms with E-state index in [9.17, 15) is 4.79 Å². The number of anilines is 1. The van der Waals surface area contributed by atoms with Crippen LogP contribution in [0.2, 0.25) is 0 Å². The summed E-state index contributed by atoms with van der Waals surface area (Å²) in [5.74, 6) is 0.916. The van der Waals surface area contributed by atoms with E-state index in [-0.39, 0.29) is 12.5 Å². The Bertz CT molecular complexity index is 668. The van der Waals surface area contributed by atoms with Crippen molar-refractivity contribution in [3.63, 3.8) is 0 Å². The van der Waals surface area contributed by atoms with Crippen molar-refractivity contribution in [1.29, 1.82) is 0 Å². The molecule has 0 aromatic heterocycles. The molecule has 0 saturated heterocycles. The molecule has 0 fully saturated rings. The Kier molecular flexibility index (Phi) is 5.50. The number of nitrogens with one attached hydrogen (secondary N) is 1. The summed E-state index contributed by atoms with van der Waals surface area (Å²) in [5.41, 5.74) is 2.90. The molecule has 0 bridgehead atoms. The highest BCUT2D eigenvalue weighted by Crippen LogP contribution is 2.27. The van der Waals surface area contributed by atoms with Crippen LogP contribution in [0.25, 0.3) is 0 Å². The van der Waals surface area contributed by atoms with E-state index in [1.165, 1.54) is 0 Å². The van der Waals surface area contributed by atoms with Gasteiger partial charge >= 0.3 is 0 Å². The van der Waals surface area contributed by atoms with Crippen molar-refractivity contribution in [3.05, 3.63) is 53.6 Å². The lowest BCUT2D eigenvalue weighted by molar-refractivity contribution is -0.118. The molecule has 2 rings (SSSR count). The smallest absolute Gasteiger partial charge is 0.262 e. The first-order valence-electron chi connectivity index (χ1n) is 7.28. The predicted molar refractivity (Wildman–Crippen MR) is 93.1 cm³/mol. The van der Waals surface area contributed by atoms with Crippen molar-refractivity contribution in [3.8, 4) is 5.75 Å². The Labute approximate surface area is 137 Å². The van der Waals surface area contributed by atoms with Gasteiger partial charge in [-0.2, -0.15) is 0 Å². The molecular formula is C18H21NO2S.